The van der Waals surface area contributed by atoms with Gasteiger partial charge in [-0.05, 0) is 32.8 Å². The number of thiophene rings is 1. The molecule has 1 aliphatic rings. The van der Waals surface area contributed by atoms with Crippen LogP contribution in [0.15, 0.2) is 24.9 Å². The fraction of sp³-hybridized carbons (Fsp3) is 0.353. The Balaban J connectivity index is 0.000000701. The highest BCUT2D eigenvalue weighted by Gasteiger charge is 2.36. The normalized spacial score (nSPS) is 13.9. The lowest BCUT2D eigenvalue weighted by Gasteiger charge is -2.10. The molecule has 2 aromatic rings. The Hall–Kier alpha value is -2.22. The number of hydrogen-bond donors (Lipinski definition) is 1. The largest absolute Gasteiger partial charge is 0.420 e. The number of nitrogens with zero attached hydrogens (tertiary/aromatic N) is 2. The summed E-state index contributed by atoms with van der Waals surface area (Å²) >= 11 is 1.19. The molecule has 1 aliphatic heterocycles. The molecule has 25 heavy (non-hydrogen) atoms. The van der Waals surface area contributed by atoms with Gasteiger partial charge in [-0.3, -0.25) is 4.79 Å². The van der Waals surface area contributed by atoms with E-state index in [1.807, 2.05) is 6.92 Å². The lowest BCUT2D eigenvalue weighted by atomic mass is 10.1. The average molecular weight is 369 g/mol. The van der Waals surface area contributed by atoms with Crippen LogP contribution in [0, 0.1) is 6.92 Å². The lowest BCUT2D eigenvalue weighted by Crippen LogP contribution is -2.22. The number of carbonyl (C=O) groups excluding carboxylic acids is 1. The van der Waals surface area contributed by atoms with Gasteiger partial charge in [0, 0.05) is 17.6 Å². The number of carbonyl (C=O) groups is 1. The third kappa shape index (κ3) is 4.45. The fourth-order valence-corrected chi connectivity index (χ4v) is 3.54. The van der Waals surface area contributed by atoms with Crippen molar-refractivity contribution in [2.45, 2.75) is 32.9 Å². The predicted octanol–water partition coefficient (Wildman–Crippen LogP) is 4.40. The van der Waals surface area contributed by atoms with Crippen molar-refractivity contribution < 1.29 is 18.0 Å². The number of allylic oxidation sites excluding steroid dienone is 1. The number of alkyl halides is 3. The van der Waals surface area contributed by atoms with Gasteiger partial charge in [0.15, 0.2) is 0 Å². The first-order valence-electron chi connectivity index (χ1n) is 7.67. The minimum atomic E-state index is -4.54. The standard InChI is InChI=1S/C14H12F3N3OS.C3H6/c1-7-19-6-9(14(15,16)17)12(20-7)11-5-8-10(22-11)3-2-4-18-13(8)21;1-3-2/h5-6H,2-4H2,1H3,(H,18,21);3H,1H2,2H3. The molecule has 0 aromatic carbocycles. The molecule has 0 fully saturated rings. The van der Waals surface area contributed by atoms with Crippen molar-refractivity contribution in [1.82, 2.24) is 15.3 Å². The van der Waals surface area contributed by atoms with Gasteiger partial charge in [-0.25, -0.2) is 9.97 Å². The van der Waals surface area contributed by atoms with Crippen molar-refractivity contribution in [3.63, 3.8) is 0 Å². The van der Waals surface area contributed by atoms with Gasteiger partial charge in [0.05, 0.1) is 16.1 Å². The quantitative estimate of drug-likeness (QED) is 0.758. The van der Waals surface area contributed by atoms with Crippen LogP contribution in [0.4, 0.5) is 13.2 Å². The number of nitrogens with one attached hydrogen (secondary N) is 1. The van der Waals surface area contributed by atoms with Crippen molar-refractivity contribution in [1.29, 1.82) is 0 Å². The van der Waals surface area contributed by atoms with Crippen LogP contribution in [-0.4, -0.2) is 22.4 Å². The Morgan fingerprint density at radius 1 is 1.40 bits per heavy atom. The summed E-state index contributed by atoms with van der Waals surface area (Å²) < 4.78 is 39.4. The Kier molecular flexibility index (Phi) is 5.94. The third-order valence-electron chi connectivity index (χ3n) is 3.37. The maximum Gasteiger partial charge on any atom is 0.420 e. The van der Waals surface area contributed by atoms with E-state index in [0.717, 1.165) is 17.5 Å². The van der Waals surface area contributed by atoms with E-state index < -0.39 is 11.7 Å². The minimum Gasteiger partial charge on any atom is -0.352 e. The van der Waals surface area contributed by atoms with Crippen molar-refractivity contribution in [2.75, 3.05) is 6.54 Å². The van der Waals surface area contributed by atoms with Crippen LogP contribution >= 0.6 is 11.3 Å². The first kappa shape index (κ1) is 19.1. The summed E-state index contributed by atoms with van der Waals surface area (Å²) in [6.07, 6.45) is -0.548. The van der Waals surface area contributed by atoms with E-state index in [1.165, 1.54) is 24.3 Å². The van der Waals surface area contributed by atoms with Gasteiger partial charge in [-0.15, -0.1) is 17.9 Å². The molecule has 0 saturated carbocycles. The molecular formula is C17H18F3N3OS. The van der Waals surface area contributed by atoms with Gasteiger partial charge in [0.25, 0.3) is 5.91 Å². The fourth-order valence-electron chi connectivity index (χ4n) is 2.33. The Morgan fingerprint density at radius 2 is 2.08 bits per heavy atom. The third-order valence-corrected chi connectivity index (χ3v) is 4.57. The molecule has 0 aliphatic carbocycles. The van der Waals surface area contributed by atoms with Crippen LogP contribution in [0.1, 0.15) is 40.0 Å². The Labute approximate surface area is 147 Å². The molecule has 0 radical (unpaired) electrons. The summed E-state index contributed by atoms with van der Waals surface area (Å²) in [5.74, 6) is 0.0189. The van der Waals surface area contributed by atoms with Gasteiger partial charge < -0.3 is 5.32 Å². The zero-order chi connectivity index (χ0) is 18.6. The zero-order valence-electron chi connectivity index (χ0n) is 13.9. The molecule has 0 saturated heterocycles. The maximum atomic E-state index is 13.1. The number of aryl methyl sites for hydroxylation is 2. The number of hydrogen-bond acceptors (Lipinski definition) is 4. The van der Waals surface area contributed by atoms with Crippen LogP contribution in [0.5, 0.6) is 0 Å². The molecule has 134 valence electrons. The van der Waals surface area contributed by atoms with Crippen molar-refractivity contribution in [3.8, 4) is 10.6 Å². The molecule has 3 rings (SSSR count). The summed E-state index contributed by atoms with van der Waals surface area (Å²) in [6, 6.07) is 1.50. The van der Waals surface area contributed by atoms with Crippen LogP contribution < -0.4 is 5.32 Å². The molecular weight excluding hydrogens is 351 g/mol. The SMILES string of the molecule is C=CC.Cc1ncc(C(F)(F)F)c(-c2cc3c(s2)CCCNC3=O)n1. The highest BCUT2D eigenvalue weighted by Crippen LogP contribution is 2.39. The lowest BCUT2D eigenvalue weighted by molar-refractivity contribution is -0.137. The monoisotopic (exact) mass is 369 g/mol. The second-order valence-corrected chi connectivity index (χ2v) is 6.53. The van der Waals surface area contributed by atoms with E-state index in [9.17, 15) is 18.0 Å². The van der Waals surface area contributed by atoms with E-state index in [4.69, 9.17) is 0 Å². The Bertz CT molecular complexity index is 784. The van der Waals surface area contributed by atoms with Crippen molar-refractivity contribution >= 4 is 17.2 Å². The van der Waals surface area contributed by atoms with E-state index >= 15 is 0 Å². The van der Waals surface area contributed by atoms with Crippen LogP contribution in [0.25, 0.3) is 10.6 Å². The summed E-state index contributed by atoms with van der Waals surface area (Å²) in [5, 5.41) is 2.73. The van der Waals surface area contributed by atoms with Gasteiger partial charge in [-0.1, -0.05) is 6.08 Å². The molecule has 0 spiro atoms. The van der Waals surface area contributed by atoms with Crippen LogP contribution in [0.3, 0.4) is 0 Å². The van der Waals surface area contributed by atoms with Crippen molar-refractivity contribution in [3.05, 3.63) is 46.7 Å². The van der Waals surface area contributed by atoms with E-state index in [2.05, 4.69) is 21.9 Å². The van der Waals surface area contributed by atoms with Crippen LogP contribution in [0.2, 0.25) is 0 Å². The average Bonchev–Trinajstić information content (AvgIpc) is 2.87. The number of fused-ring (bicyclic) bond motifs is 1. The van der Waals surface area contributed by atoms with Crippen LogP contribution in [-0.2, 0) is 12.6 Å². The van der Waals surface area contributed by atoms with Gasteiger partial charge in [-0.2, -0.15) is 13.2 Å². The molecule has 0 atom stereocenters. The number of rotatable bonds is 1. The second kappa shape index (κ2) is 7.77. The number of amides is 1. The first-order valence-corrected chi connectivity index (χ1v) is 8.48. The van der Waals surface area contributed by atoms with Gasteiger partial charge in [0.1, 0.15) is 11.4 Å². The number of halogens is 3. The van der Waals surface area contributed by atoms with Gasteiger partial charge >= 0.3 is 6.18 Å². The summed E-state index contributed by atoms with van der Waals surface area (Å²) in [6.45, 7) is 7.37. The highest BCUT2D eigenvalue weighted by molar-refractivity contribution is 7.15. The first-order chi connectivity index (χ1) is 11.8. The van der Waals surface area contributed by atoms with Gasteiger partial charge in [0.2, 0.25) is 0 Å². The summed E-state index contributed by atoms with van der Waals surface area (Å²) in [5.41, 5.74) is -0.595. The van der Waals surface area contributed by atoms with E-state index in [0.29, 0.717) is 23.4 Å². The summed E-state index contributed by atoms with van der Waals surface area (Å²) in [4.78, 5) is 20.7. The summed E-state index contributed by atoms with van der Waals surface area (Å²) in [7, 11) is 0. The van der Waals surface area contributed by atoms with Crippen molar-refractivity contribution in [2.24, 2.45) is 0 Å². The minimum absolute atomic E-state index is 0.161. The molecule has 1 N–H and O–H groups in total. The smallest absolute Gasteiger partial charge is 0.352 e. The predicted molar refractivity (Wildman–Crippen MR) is 91.6 cm³/mol. The zero-order valence-corrected chi connectivity index (χ0v) is 14.7. The molecule has 8 heteroatoms. The highest BCUT2D eigenvalue weighted by atomic mass is 32.1. The molecule has 4 nitrogen and oxygen atoms in total. The number of aromatic nitrogens is 2. The molecule has 0 bridgehead atoms. The molecule has 1 amide bonds. The maximum absolute atomic E-state index is 13.1. The Morgan fingerprint density at radius 3 is 2.72 bits per heavy atom. The molecule has 2 aromatic heterocycles. The second-order valence-electron chi connectivity index (χ2n) is 5.39. The van der Waals surface area contributed by atoms with E-state index in [-0.39, 0.29) is 17.4 Å². The topological polar surface area (TPSA) is 54.9 Å². The van der Waals surface area contributed by atoms with E-state index in [1.54, 1.807) is 6.08 Å². The molecule has 3 heterocycles. The molecule has 0 unspecified atom stereocenters.